The molecule has 0 aliphatic rings. The van der Waals surface area contributed by atoms with Crippen molar-refractivity contribution in [2.24, 2.45) is 0 Å². The van der Waals surface area contributed by atoms with Crippen molar-refractivity contribution in [3.63, 3.8) is 0 Å². The van der Waals surface area contributed by atoms with Crippen molar-refractivity contribution >= 4 is 17.9 Å². The van der Waals surface area contributed by atoms with Gasteiger partial charge in [-0.2, -0.15) is 0 Å². The Kier molecular flexibility index (Phi) is 59.8. The van der Waals surface area contributed by atoms with Crippen molar-refractivity contribution in [1.82, 2.24) is 0 Å². The highest BCUT2D eigenvalue weighted by molar-refractivity contribution is 5.71. The first kappa shape index (κ1) is 71.3. The summed E-state index contributed by atoms with van der Waals surface area (Å²) >= 11 is 0. The minimum atomic E-state index is -0.793. The third-order valence-corrected chi connectivity index (χ3v) is 13.5. The number of hydrogen-bond donors (Lipinski definition) is 0. The summed E-state index contributed by atoms with van der Waals surface area (Å²) in [5.74, 6) is -0.918. The molecule has 0 heterocycles. The first-order valence-electron chi connectivity index (χ1n) is 31.7. The maximum atomic E-state index is 12.9. The van der Waals surface area contributed by atoms with E-state index in [1.165, 1.54) is 148 Å². The third kappa shape index (κ3) is 61.1. The SMILES string of the molecule is CC/C=C\C/C=C\C/C=C\C/C=C\C/C=C\C/C=C\CCCCCCC(=O)OCC(COC(=O)CCCCCCC/C=C\CCCC)OC(=O)CCCCCCCCCCCCC/C=C\CCCCCCCCCC. The van der Waals surface area contributed by atoms with Gasteiger partial charge in [-0.3, -0.25) is 14.4 Å². The Bertz CT molecular complexity index is 1480. The van der Waals surface area contributed by atoms with E-state index in [2.05, 4.69) is 118 Å². The fourth-order valence-electron chi connectivity index (χ4n) is 8.78. The Morgan fingerprint density at radius 2 is 0.533 bits per heavy atom. The Morgan fingerprint density at radius 3 is 0.867 bits per heavy atom. The molecular weight excluding hydrogens is 925 g/mol. The molecule has 0 saturated heterocycles. The van der Waals surface area contributed by atoms with E-state index in [4.69, 9.17) is 14.2 Å². The van der Waals surface area contributed by atoms with Crippen molar-refractivity contribution in [3.8, 4) is 0 Å². The molecule has 0 aromatic heterocycles. The Balaban J connectivity index is 4.34. The third-order valence-electron chi connectivity index (χ3n) is 13.5. The molecule has 0 fully saturated rings. The second-order valence-corrected chi connectivity index (χ2v) is 20.9. The van der Waals surface area contributed by atoms with Gasteiger partial charge >= 0.3 is 17.9 Å². The monoisotopic (exact) mass is 1040 g/mol. The van der Waals surface area contributed by atoms with Crippen molar-refractivity contribution in [1.29, 1.82) is 0 Å². The molecule has 0 aliphatic carbocycles. The van der Waals surface area contributed by atoms with E-state index in [9.17, 15) is 14.4 Å². The molecule has 0 radical (unpaired) electrons. The summed E-state index contributed by atoms with van der Waals surface area (Å²) in [6, 6.07) is 0. The number of unbranched alkanes of at least 4 members (excludes halogenated alkanes) is 30. The molecule has 0 aromatic carbocycles. The Morgan fingerprint density at radius 1 is 0.280 bits per heavy atom. The van der Waals surface area contributed by atoms with Crippen molar-refractivity contribution in [2.75, 3.05) is 13.2 Å². The average Bonchev–Trinajstić information content (AvgIpc) is 3.41. The molecule has 0 rings (SSSR count). The molecule has 1 atom stereocenters. The highest BCUT2D eigenvalue weighted by Gasteiger charge is 2.19. The van der Waals surface area contributed by atoms with Gasteiger partial charge in [0, 0.05) is 19.3 Å². The van der Waals surface area contributed by atoms with Gasteiger partial charge in [-0.1, -0.05) is 266 Å². The molecule has 0 bridgehead atoms. The smallest absolute Gasteiger partial charge is 0.306 e. The van der Waals surface area contributed by atoms with Crippen LogP contribution in [0.3, 0.4) is 0 Å². The number of ether oxygens (including phenoxy) is 3. The zero-order chi connectivity index (χ0) is 54.3. The molecule has 1 unspecified atom stereocenters. The van der Waals surface area contributed by atoms with Gasteiger partial charge in [0.25, 0.3) is 0 Å². The van der Waals surface area contributed by atoms with Crippen LogP contribution in [0.15, 0.2) is 97.2 Å². The molecule has 430 valence electrons. The topological polar surface area (TPSA) is 78.9 Å². The van der Waals surface area contributed by atoms with E-state index >= 15 is 0 Å². The standard InChI is InChI=1S/C69H118O6/c1-4-7-10-13-16-19-22-24-26-28-30-32-34-36-38-40-42-44-47-50-53-56-59-62-68(71)74-65-66(64-73-67(70)61-58-55-52-49-46-21-18-15-12-9-6-3)75-69(72)63-60-57-54-51-48-45-43-41-39-37-35-33-31-29-27-25-23-20-17-14-11-8-5-2/h7,10,15-16,18-19,24,26,29-32,36,38,42,44,66H,4-6,8-9,11-14,17,20-23,25,27-28,33-35,37,39-41,43,45-65H2,1-3H3/b10-7-,18-15-,19-16-,26-24-,31-29-,32-30-,38-36-,44-42-. The molecule has 0 aliphatic heterocycles. The lowest BCUT2D eigenvalue weighted by atomic mass is 10.0. The maximum Gasteiger partial charge on any atom is 0.306 e. The number of carbonyl (C=O) groups excluding carboxylic acids is 3. The van der Waals surface area contributed by atoms with Crippen molar-refractivity contribution in [2.45, 2.75) is 309 Å². The highest BCUT2D eigenvalue weighted by atomic mass is 16.6. The summed E-state index contributed by atoms with van der Waals surface area (Å²) in [7, 11) is 0. The first-order chi connectivity index (χ1) is 37.0. The number of allylic oxidation sites excluding steroid dienone is 16. The van der Waals surface area contributed by atoms with Crippen LogP contribution in [0.4, 0.5) is 0 Å². The summed E-state index contributed by atoms with van der Waals surface area (Å²) in [6.07, 6.45) is 84.2. The van der Waals surface area contributed by atoms with E-state index < -0.39 is 6.10 Å². The van der Waals surface area contributed by atoms with Crippen LogP contribution in [-0.2, 0) is 28.6 Å². The van der Waals surface area contributed by atoms with Crippen molar-refractivity contribution < 1.29 is 28.6 Å². The van der Waals surface area contributed by atoms with Gasteiger partial charge in [0.15, 0.2) is 6.10 Å². The van der Waals surface area contributed by atoms with Gasteiger partial charge in [0.1, 0.15) is 13.2 Å². The van der Waals surface area contributed by atoms with Crippen LogP contribution in [0, 0.1) is 0 Å². The number of hydrogen-bond acceptors (Lipinski definition) is 6. The van der Waals surface area contributed by atoms with E-state index in [1.54, 1.807) is 0 Å². The van der Waals surface area contributed by atoms with Gasteiger partial charge in [-0.05, 0) is 116 Å². The van der Waals surface area contributed by atoms with Crippen LogP contribution >= 0.6 is 0 Å². The normalized spacial score (nSPS) is 12.7. The predicted molar refractivity (Wildman–Crippen MR) is 325 cm³/mol. The van der Waals surface area contributed by atoms with E-state index in [0.29, 0.717) is 19.3 Å². The van der Waals surface area contributed by atoms with Crippen LogP contribution < -0.4 is 0 Å². The molecule has 0 amide bonds. The number of rotatable bonds is 57. The zero-order valence-electron chi connectivity index (χ0n) is 49.3. The quantitative estimate of drug-likeness (QED) is 0.0261. The van der Waals surface area contributed by atoms with Crippen LogP contribution in [-0.4, -0.2) is 37.2 Å². The number of carbonyl (C=O) groups is 3. The molecule has 0 spiro atoms. The molecule has 0 aromatic rings. The zero-order valence-corrected chi connectivity index (χ0v) is 49.3. The van der Waals surface area contributed by atoms with Crippen LogP contribution in [0.2, 0.25) is 0 Å². The first-order valence-corrected chi connectivity index (χ1v) is 31.7. The second-order valence-electron chi connectivity index (χ2n) is 20.9. The highest BCUT2D eigenvalue weighted by Crippen LogP contribution is 2.16. The second kappa shape index (κ2) is 62.9. The summed E-state index contributed by atoms with van der Waals surface area (Å²) in [5.41, 5.74) is 0. The molecular formula is C69H118O6. The lowest BCUT2D eigenvalue weighted by Crippen LogP contribution is -2.30. The lowest BCUT2D eigenvalue weighted by molar-refractivity contribution is -0.167. The summed E-state index contributed by atoms with van der Waals surface area (Å²) < 4.78 is 16.9. The van der Waals surface area contributed by atoms with E-state index in [-0.39, 0.29) is 31.1 Å². The Hall–Kier alpha value is -3.67. The summed E-state index contributed by atoms with van der Waals surface area (Å²) in [5, 5.41) is 0. The van der Waals surface area contributed by atoms with Crippen LogP contribution in [0.25, 0.3) is 0 Å². The maximum absolute atomic E-state index is 12.9. The van der Waals surface area contributed by atoms with Gasteiger partial charge in [-0.15, -0.1) is 0 Å². The fourth-order valence-corrected chi connectivity index (χ4v) is 8.78. The molecule has 6 heteroatoms. The van der Waals surface area contributed by atoms with Crippen molar-refractivity contribution in [3.05, 3.63) is 97.2 Å². The molecule has 0 N–H and O–H groups in total. The minimum Gasteiger partial charge on any atom is -0.462 e. The van der Waals surface area contributed by atoms with E-state index in [1.807, 2.05) is 0 Å². The van der Waals surface area contributed by atoms with Crippen LogP contribution in [0.1, 0.15) is 303 Å². The lowest BCUT2D eigenvalue weighted by Gasteiger charge is -2.18. The summed E-state index contributed by atoms with van der Waals surface area (Å²) in [4.78, 5) is 38.2. The largest absolute Gasteiger partial charge is 0.462 e. The van der Waals surface area contributed by atoms with E-state index in [0.717, 1.165) is 116 Å². The summed E-state index contributed by atoms with van der Waals surface area (Å²) in [6.45, 7) is 6.48. The van der Waals surface area contributed by atoms with Crippen LogP contribution in [0.5, 0.6) is 0 Å². The van der Waals surface area contributed by atoms with Gasteiger partial charge in [0.05, 0.1) is 0 Å². The van der Waals surface area contributed by atoms with Gasteiger partial charge in [0.2, 0.25) is 0 Å². The number of esters is 3. The molecule has 0 saturated carbocycles. The average molecular weight is 1040 g/mol. The van der Waals surface area contributed by atoms with Gasteiger partial charge < -0.3 is 14.2 Å². The fraction of sp³-hybridized carbons (Fsp3) is 0.725. The minimum absolute atomic E-state index is 0.0900. The van der Waals surface area contributed by atoms with Gasteiger partial charge in [-0.25, -0.2) is 0 Å². The Labute approximate surface area is 464 Å². The molecule has 6 nitrogen and oxygen atoms in total. The predicted octanol–water partition coefficient (Wildman–Crippen LogP) is 21.7. The molecule has 75 heavy (non-hydrogen) atoms.